The summed E-state index contributed by atoms with van der Waals surface area (Å²) in [5, 5.41) is 3.58. The lowest BCUT2D eigenvalue weighted by atomic mass is 9.81. The summed E-state index contributed by atoms with van der Waals surface area (Å²) in [4.78, 5) is 2.72. The Balaban J connectivity index is 1.44. The third kappa shape index (κ3) is 4.31. The normalized spacial score (nSPS) is 28.6. The predicted octanol–water partition coefficient (Wildman–Crippen LogP) is 3.33. The van der Waals surface area contributed by atoms with Crippen molar-refractivity contribution in [2.45, 2.75) is 39.0 Å². The summed E-state index contributed by atoms with van der Waals surface area (Å²) in [5.74, 6) is 0.890. The van der Waals surface area contributed by atoms with Crippen molar-refractivity contribution in [1.29, 1.82) is 0 Å². The summed E-state index contributed by atoms with van der Waals surface area (Å²) < 4.78 is 0. The fourth-order valence-corrected chi connectivity index (χ4v) is 4.09. The topological polar surface area (TPSA) is 15.3 Å². The molecule has 2 heteroatoms. The van der Waals surface area contributed by atoms with Gasteiger partial charge in [-0.1, -0.05) is 37.3 Å². The Morgan fingerprint density at radius 2 is 1.95 bits per heavy atom. The molecule has 1 N–H and O–H groups in total. The van der Waals surface area contributed by atoms with Crippen LogP contribution in [0, 0.1) is 11.3 Å². The highest BCUT2D eigenvalue weighted by Gasteiger charge is 2.30. The van der Waals surface area contributed by atoms with Crippen LogP contribution in [0.15, 0.2) is 30.3 Å². The van der Waals surface area contributed by atoms with Gasteiger partial charge < -0.3 is 10.2 Å². The van der Waals surface area contributed by atoms with E-state index in [2.05, 4.69) is 47.5 Å². The van der Waals surface area contributed by atoms with E-state index in [0.29, 0.717) is 5.41 Å². The third-order valence-corrected chi connectivity index (χ3v) is 5.37. The second kappa shape index (κ2) is 6.93. The third-order valence-electron chi connectivity index (χ3n) is 5.37. The summed E-state index contributed by atoms with van der Waals surface area (Å²) >= 11 is 0. The molecule has 0 radical (unpaired) electrons. The van der Waals surface area contributed by atoms with E-state index in [4.69, 9.17) is 0 Å². The molecule has 116 valence electrons. The van der Waals surface area contributed by atoms with Crippen LogP contribution in [-0.4, -0.2) is 37.6 Å². The summed E-state index contributed by atoms with van der Waals surface area (Å²) in [5.41, 5.74) is 2.02. The monoisotopic (exact) mass is 286 g/mol. The number of rotatable bonds is 4. The Bertz CT molecular complexity index is 414. The first-order chi connectivity index (χ1) is 10.2. The lowest BCUT2D eigenvalue weighted by Gasteiger charge is -2.41. The van der Waals surface area contributed by atoms with Gasteiger partial charge in [0, 0.05) is 13.1 Å². The second-order valence-electron chi connectivity index (χ2n) is 7.50. The molecule has 1 aromatic carbocycles. The van der Waals surface area contributed by atoms with Crippen molar-refractivity contribution in [2.24, 2.45) is 11.3 Å². The van der Waals surface area contributed by atoms with Gasteiger partial charge in [-0.15, -0.1) is 0 Å². The molecule has 1 atom stereocenters. The Morgan fingerprint density at radius 1 is 1.19 bits per heavy atom. The highest BCUT2D eigenvalue weighted by Crippen LogP contribution is 2.29. The van der Waals surface area contributed by atoms with E-state index in [9.17, 15) is 0 Å². The second-order valence-corrected chi connectivity index (χ2v) is 7.50. The predicted molar refractivity (Wildman–Crippen MR) is 89.5 cm³/mol. The van der Waals surface area contributed by atoms with Crippen molar-refractivity contribution in [3.8, 4) is 0 Å². The average Bonchev–Trinajstić information content (AvgIpc) is 2.51. The molecular formula is C19H30N2. The zero-order chi connectivity index (χ0) is 14.5. The summed E-state index contributed by atoms with van der Waals surface area (Å²) in [6.45, 7) is 8.78. The molecular weight excluding hydrogens is 256 g/mol. The van der Waals surface area contributed by atoms with Gasteiger partial charge in [0.05, 0.1) is 0 Å². The van der Waals surface area contributed by atoms with E-state index in [1.807, 2.05) is 0 Å². The van der Waals surface area contributed by atoms with E-state index >= 15 is 0 Å². The minimum atomic E-state index is 0.504. The van der Waals surface area contributed by atoms with E-state index in [1.165, 1.54) is 70.4 Å². The van der Waals surface area contributed by atoms with Crippen LogP contribution in [0.4, 0.5) is 0 Å². The van der Waals surface area contributed by atoms with Crippen LogP contribution in [0.5, 0.6) is 0 Å². The van der Waals surface area contributed by atoms with Gasteiger partial charge in [-0.25, -0.2) is 0 Å². The summed E-state index contributed by atoms with van der Waals surface area (Å²) in [7, 11) is 0. The minimum Gasteiger partial charge on any atom is -0.316 e. The van der Waals surface area contributed by atoms with E-state index in [1.54, 1.807) is 0 Å². The largest absolute Gasteiger partial charge is 0.316 e. The molecule has 2 aliphatic rings. The smallest absolute Gasteiger partial charge is 0.00475 e. The number of hydrogen-bond donors (Lipinski definition) is 1. The molecule has 1 aromatic rings. The maximum atomic E-state index is 3.58. The van der Waals surface area contributed by atoms with Gasteiger partial charge in [0.15, 0.2) is 0 Å². The molecule has 2 saturated heterocycles. The molecule has 0 amide bonds. The van der Waals surface area contributed by atoms with Gasteiger partial charge >= 0.3 is 0 Å². The molecule has 2 fully saturated rings. The molecule has 0 spiro atoms. The van der Waals surface area contributed by atoms with Gasteiger partial charge in [-0.3, -0.25) is 0 Å². The van der Waals surface area contributed by atoms with Gasteiger partial charge in [-0.05, 0) is 68.6 Å². The molecule has 0 saturated carbocycles. The van der Waals surface area contributed by atoms with Crippen molar-refractivity contribution >= 4 is 0 Å². The number of nitrogens with one attached hydrogen (secondary N) is 1. The van der Waals surface area contributed by atoms with Crippen LogP contribution in [0.3, 0.4) is 0 Å². The van der Waals surface area contributed by atoms with E-state index in [0.717, 1.165) is 5.92 Å². The molecule has 2 heterocycles. The standard InChI is InChI=1S/C19H30N2/c1-19(10-5-11-20-15-19)16-21-12-8-18(9-13-21)14-17-6-3-2-4-7-17/h2-4,6-7,18,20H,5,8-16H2,1H3. The quantitative estimate of drug-likeness (QED) is 0.913. The molecule has 0 aromatic heterocycles. The first-order valence-electron chi connectivity index (χ1n) is 8.71. The first-order valence-corrected chi connectivity index (χ1v) is 8.71. The molecule has 1 unspecified atom stereocenters. The Kier molecular flexibility index (Phi) is 4.97. The van der Waals surface area contributed by atoms with Crippen LogP contribution in [-0.2, 0) is 6.42 Å². The lowest BCUT2D eigenvalue weighted by Crippen LogP contribution is -2.47. The summed E-state index contributed by atoms with van der Waals surface area (Å²) in [6.07, 6.45) is 6.76. The fraction of sp³-hybridized carbons (Fsp3) is 0.684. The Morgan fingerprint density at radius 3 is 2.62 bits per heavy atom. The zero-order valence-electron chi connectivity index (χ0n) is 13.5. The molecule has 0 aliphatic carbocycles. The van der Waals surface area contributed by atoms with Crippen molar-refractivity contribution in [3.05, 3.63) is 35.9 Å². The maximum Gasteiger partial charge on any atom is 0.00475 e. The van der Waals surface area contributed by atoms with Crippen molar-refractivity contribution in [2.75, 3.05) is 32.7 Å². The minimum absolute atomic E-state index is 0.504. The molecule has 2 aliphatic heterocycles. The van der Waals surface area contributed by atoms with Gasteiger partial charge in [0.2, 0.25) is 0 Å². The zero-order valence-corrected chi connectivity index (χ0v) is 13.5. The fourth-order valence-electron chi connectivity index (χ4n) is 4.09. The van der Waals surface area contributed by atoms with E-state index < -0.39 is 0 Å². The Hall–Kier alpha value is -0.860. The first kappa shape index (κ1) is 15.1. The SMILES string of the molecule is CC1(CN2CCC(Cc3ccccc3)CC2)CCCNC1. The Labute approximate surface area is 129 Å². The van der Waals surface area contributed by atoms with Gasteiger partial charge in [-0.2, -0.15) is 0 Å². The molecule has 21 heavy (non-hydrogen) atoms. The average molecular weight is 286 g/mol. The van der Waals surface area contributed by atoms with Gasteiger partial charge in [0.1, 0.15) is 0 Å². The molecule has 3 rings (SSSR count). The van der Waals surface area contributed by atoms with Gasteiger partial charge in [0.25, 0.3) is 0 Å². The molecule has 0 bridgehead atoms. The number of hydrogen-bond acceptors (Lipinski definition) is 2. The lowest BCUT2D eigenvalue weighted by molar-refractivity contribution is 0.100. The van der Waals surface area contributed by atoms with Crippen LogP contribution < -0.4 is 5.32 Å². The summed E-state index contributed by atoms with van der Waals surface area (Å²) in [6, 6.07) is 11.0. The maximum absolute atomic E-state index is 3.58. The number of piperidine rings is 2. The van der Waals surface area contributed by atoms with E-state index in [-0.39, 0.29) is 0 Å². The van der Waals surface area contributed by atoms with Crippen molar-refractivity contribution < 1.29 is 0 Å². The van der Waals surface area contributed by atoms with Crippen LogP contribution >= 0.6 is 0 Å². The molecule has 2 nitrogen and oxygen atoms in total. The number of nitrogens with zero attached hydrogens (tertiary/aromatic N) is 1. The van der Waals surface area contributed by atoms with Crippen LogP contribution in [0.25, 0.3) is 0 Å². The van der Waals surface area contributed by atoms with Crippen molar-refractivity contribution in [1.82, 2.24) is 10.2 Å². The number of benzene rings is 1. The van der Waals surface area contributed by atoms with Crippen LogP contribution in [0.1, 0.15) is 38.2 Å². The highest BCUT2D eigenvalue weighted by atomic mass is 15.1. The van der Waals surface area contributed by atoms with Crippen LogP contribution in [0.2, 0.25) is 0 Å². The number of likely N-dealkylation sites (tertiary alicyclic amines) is 1. The van der Waals surface area contributed by atoms with Crippen molar-refractivity contribution in [3.63, 3.8) is 0 Å². The highest BCUT2D eigenvalue weighted by molar-refractivity contribution is 5.15.